The number of aromatic nitrogens is 1. The van der Waals surface area contributed by atoms with Crippen molar-refractivity contribution in [2.75, 3.05) is 19.0 Å². The zero-order valence-electron chi connectivity index (χ0n) is 19.5. The van der Waals surface area contributed by atoms with E-state index in [-0.39, 0.29) is 5.78 Å². The number of carboxylic acid groups (broad SMARTS) is 1. The van der Waals surface area contributed by atoms with Gasteiger partial charge in [-0.25, -0.2) is 9.78 Å². The predicted molar refractivity (Wildman–Crippen MR) is 127 cm³/mol. The smallest absolute Gasteiger partial charge is 0.347 e. The van der Waals surface area contributed by atoms with Crippen molar-refractivity contribution in [3.63, 3.8) is 0 Å². The van der Waals surface area contributed by atoms with Crippen molar-refractivity contribution in [3.8, 4) is 5.75 Å². The van der Waals surface area contributed by atoms with Crippen molar-refractivity contribution in [1.29, 1.82) is 0 Å². The van der Waals surface area contributed by atoms with Crippen molar-refractivity contribution in [2.45, 2.75) is 46.1 Å². The van der Waals surface area contributed by atoms with E-state index in [2.05, 4.69) is 4.98 Å². The fourth-order valence-electron chi connectivity index (χ4n) is 3.69. The van der Waals surface area contributed by atoms with E-state index in [0.717, 1.165) is 27.6 Å². The van der Waals surface area contributed by atoms with Crippen LogP contribution in [0.4, 0.5) is 5.82 Å². The zero-order chi connectivity index (χ0) is 23.6. The summed E-state index contributed by atoms with van der Waals surface area (Å²) in [6.07, 6.45) is 0.920. The minimum Gasteiger partial charge on any atom is -0.478 e. The van der Waals surface area contributed by atoms with Crippen LogP contribution in [-0.2, 0) is 11.2 Å². The number of para-hydroxylation sites is 1. The summed E-state index contributed by atoms with van der Waals surface area (Å²) in [5.74, 6) is 0.253. The lowest BCUT2D eigenvalue weighted by Crippen LogP contribution is -2.38. The van der Waals surface area contributed by atoms with E-state index >= 15 is 0 Å². The molecule has 0 aliphatic rings. The van der Waals surface area contributed by atoms with Crippen LogP contribution in [-0.4, -0.2) is 41.5 Å². The van der Waals surface area contributed by atoms with Crippen LogP contribution in [0, 0.1) is 13.8 Å². The molecular formula is C26H30N2O4. The second-order valence-electron chi connectivity index (χ2n) is 8.85. The van der Waals surface area contributed by atoms with Crippen LogP contribution >= 0.6 is 0 Å². The third kappa shape index (κ3) is 4.90. The highest BCUT2D eigenvalue weighted by molar-refractivity contribution is 6.03. The normalized spacial score (nSPS) is 11.4. The topological polar surface area (TPSA) is 79.7 Å². The fourth-order valence-corrected chi connectivity index (χ4v) is 3.69. The van der Waals surface area contributed by atoms with E-state index in [4.69, 9.17) is 4.74 Å². The number of nitrogens with zero attached hydrogens (tertiary/aromatic N) is 2. The number of aryl methyl sites for hydroxylation is 3. The number of anilines is 1. The molecule has 0 aliphatic heterocycles. The van der Waals surface area contributed by atoms with Gasteiger partial charge in [0.2, 0.25) is 0 Å². The number of aliphatic carboxylic acids is 1. The second kappa shape index (κ2) is 8.99. The minimum atomic E-state index is -1.32. The van der Waals surface area contributed by atoms with Gasteiger partial charge in [-0.3, -0.25) is 4.79 Å². The molecule has 0 spiro atoms. The fraction of sp³-hybridized carbons (Fsp3) is 0.346. The largest absolute Gasteiger partial charge is 0.478 e. The Morgan fingerprint density at radius 1 is 1.06 bits per heavy atom. The first-order valence-electron chi connectivity index (χ1n) is 10.6. The quantitative estimate of drug-likeness (QED) is 0.504. The van der Waals surface area contributed by atoms with Crippen LogP contribution < -0.4 is 9.64 Å². The minimum absolute atomic E-state index is 0.0367. The number of benzene rings is 2. The molecule has 1 N–H and O–H groups in total. The van der Waals surface area contributed by atoms with Crippen molar-refractivity contribution < 1.29 is 19.4 Å². The summed E-state index contributed by atoms with van der Waals surface area (Å²) >= 11 is 0. The maximum atomic E-state index is 13.1. The van der Waals surface area contributed by atoms with Crippen LogP contribution in [0.3, 0.4) is 0 Å². The van der Waals surface area contributed by atoms with Crippen molar-refractivity contribution >= 4 is 28.5 Å². The number of hydrogen-bond acceptors (Lipinski definition) is 5. The Kier molecular flexibility index (Phi) is 6.53. The Hall–Kier alpha value is -3.41. The molecule has 1 heterocycles. The molecule has 32 heavy (non-hydrogen) atoms. The van der Waals surface area contributed by atoms with E-state index in [0.29, 0.717) is 30.0 Å². The van der Waals surface area contributed by atoms with Crippen molar-refractivity contribution in [2.24, 2.45) is 0 Å². The molecule has 0 saturated heterocycles. The van der Waals surface area contributed by atoms with Gasteiger partial charge in [-0.05, 0) is 62.9 Å². The molecule has 0 amide bonds. The molecule has 3 aromatic rings. The Morgan fingerprint density at radius 3 is 2.28 bits per heavy atom. The number of carbonyl (C=O) groups excluding carboxylic acids is 1. The van der Waals surface area contributed by atoms with E-state index in [9.17, 15) is 14.7 Å². The third-order valence-electron chi connectivity index (χ3n) is 5.46. The Labute approximate surface area is 188 Å². The Morgan fingerprint density at radius 2 is 1.69 bits per heavy atom. The molecule has 0 atom stereocenters. The van der Waals surface area contributed by atoms with Gasteiger partial charge in [-0.15, -0.1) is 0 Å². The number of carbonyl (C=O) groups is 2. The van der Waals surface area contributed by atoms with E-state index in [1.807, 2.05) is 75.3 Å². The molecule has 2 aromatic carbocycles. The highest BCUT2D eigenvalue weighted by Gasteiger charge is 2.30. The summed E-state index contributed by atoms with van der Waals surface area (Å²) in [6, 6.07) is 13.6. The summed E-state index contributed by atoms with van der Waals surface area (Å²) in [4.78, 5) is 31.1. The number of fused-ring (bicyclic) bond motifs is 1. The van der Waals surface area contributed by atoms with Crippen molar-refractivity contribution in [1.82, 2.24) is 4.98 Å². The highest BCUT2D eigenvalue weighted by Crippen LogP contribution is 2.30. The van der Waals surface area contributed by atoms with E-state index in [1.165, 1.54) is 13.8 Å². The molecule has 6 nitrogen and oxygen atoms in total. The number of ether oxygens (including phenoxy) is 1. The molecule has 168 valence electrons. The second-order valence-corrected chi connectivity index (χ2v) is 8.85. The molecule has 1 aromatic heterocycles. The Balaban J connectivity index is 1.82. The zero-order valence-corrected chi connectivity index (χ0v) is 19.5. The third-order valence-corrected chi connectivity index (χ3v) is 5.46. The first kappa shape index (κ1) is 23.3. The summed E-state index contributed by atoms with van der Waals surface area (Å²) in [6.45, 7) is 6.84. The number of rotatable bonds is 8. The van der Waals surface area contributed by atoms with Gasteiger partial charge >= 0.3 is 5.97 Å². The van der Waals surface area contributed by atoms with Gasteiger partial charge in [-0.1, -0.05) is 30.3 Å². The summed E-state index contributed by atoms with van der Waals surface area (Å²) in [7, 11) is 3.77. The summed E-state index contributed by atoms with van der Waals surface area (Å²) < 4.78 is 5.78. The van der Waals surface area contributed by atoms with E-state index < -0.39 is 11.6 Å². The number of Topliss-reactive ketones (excluding diaryl/α,β-unsaturated/α-hetero) is 1. The number of ketones is 1. The van der Waals surface area contributed by atoms with Gasteiger partial charge in [0.15, 0.2) is 11.4 Å². The maximum Gasteiger partial charge on any atom is 0.347 e. The molecule has 6 heteroatoms. The molecule has 0 saturated carbocycles. The molecule has 0 fully saturated rings. The maximum absolute atomic E-state index is 13.1. The molecule has 3 rings (SSSR count). The van der Waals surface area contributed by atoms with Gasteiger partial charge in [0.1, 0.15) is 11.6 Å². The van der Waals surface area contributed by atoms with Crippen molar-refractivity contribution in [3.05, 3.63) is 64.7 Å². The number of hydrogen-bond donors (Lipinski definition) is 1. The molecule has 0 aliphatic carbocycles. The number of carboxylic acids is 1. The monoisotopic (exact) mass is 434 g/mol. The molecule has 0 radical (unpaired) electrons. The van der Waals surface area contributed by atoms with Crippen LogP contribution in [0.2, 0.25) is 0 Å². The Bertz CT molecular complexity index is 1160. The average molecular weight is 435 g/mol. The van der Waals surface area contributed by atoms with Crippen LogP contribution in [0.5, 0.6) is 5.75 Å². The molecular weight excluding hydrogens is 404 g/mol. The lowest BCUT2D eigenvalue weighted by Gasteiger charge is -2.24. The lowest BCUT2D eigenvalue weighted by molar-refractivity contribution is -0.152. The van der Waals surface area contributed by atoms with Gasteiger partial charge in [0.05, 0.1) is 11.1 Å². The highest BCUT2D eigenvalue weighted by atomic mass is 16.5. The van der Waals surface area contributed by atoms with Crippen LogP contribution in [0.15, 0.2) is 42.5 Å². The SMILES string of the molecule is Cc1cc(CCC(=O)c2cc3ccccc3nc2N(C)C)cc(C)c1OC(C)(C)C(=O)O. The van der Waals surface area contributed by atoms with Crippen LogP contribution in [0.25, 0.3) is 10.9 Å². The number of pyridine rings is 1. The molecule has 0 bridgehead atoms. The predicted octanol–water partition coefficient (Wildman–Crippen LogP) is 4.98. The summed E-state index contributed by atoms with van der Waals surface area (Å²) in [5, 5.41) is 10.3. The summed E-state index contributed by atoms with van der Waals surface area (Å²) in [5.41, 5.74) is 2.86. The van der Waals surface area contributed by atoms with Gasteiger partial charge in [0, 0.05) is 25.9 Å². The first-order valence-corrected chi connectivity index (χ1v) is 10.6. The first-order chi connectivity index (χ1) is 15.0. The van der Waals surface area contributed by atoms with Crippen LogP contribution in [0.1, 0.15) is 47.3 Å². The van der Waals surface area contributed by atoms with Gasteiger partial charge in [0.25, 0.3) is 0 Å². The van der Waals surface area contributed by atoms with Gasteiger partial charge in [-0.2, -0.15) is 0 Å². The van der Waals surface area contributed by atoms with E-state index in [1.54, 1.807) is 0 Å². The lowest BCUT2D eigenvalue weighted by atomic mass is 9.98. The molecule has 0 unspecified atom stereocenters. The standard InChI is InChI=1S/C26H30N2O4/c1-16-13-18(14-17(2)23(16)32-26(3,4)25(30)31)11-12-22(29)20-15-19-9-7-8-10-21(19)27-24(20)28(5)6/h7-10,13-15H,11-12H2,1-6H3,(H,30,31). The average Bonchev–Trinajstić information content (AvgIpc) is 2.73. The van der Waals surface area contributed by atoms with Gasteiger partial charge < -0.3 is 14.7 Å².